The van der Waals surface area contributed by atoms with Crippen LogP contribution in [-0.4, -0.2) is 34.3 Å². The second-order valence-corrected chi connectivity index (χ2v) is 7.42. The summed E-state index contributed by atoms with van der Waals surface area (Å²) in [5.74, 6) is -1.10. The topological polar surface area (TPSA) is 64.1 Å². The molecule has 2 fully saturated rings. The van der Waals surface area contributed by atoms with E-state index in [2.05, 4.69) is 15.3 Å². The Morgan fingerprint density at radius 1 is 1.35 bits per heavy atom. The Morgan fingerprint density at radius 2 is 2.15 bits per heavy atom. The number of hydrogen-bond donors (Lipinski definition) is 1. The van der Waals surface area contributed by atoms with Gasteiger partial charge in [0.1, 0.15) is 11.3 Å². The minimum atomic E-state index is -1.07. The molecule has 4 heterocycles. The van der Waals surface area contributed by atoms with Crippen molar-refractivity contribution in [3.05, 3.63) is 52.0 Å². The number of halogens is 3. The predicted molar refractivity (Wildman–Crippen MR) is 96.3 cm³/mol. The number of nitrogens with one attached hydrogen (secondary N) is 1. The molecule has 136 valence electrons. The van der Waals surface area contributed by atoms with Crippen LogP contribution < -0.4 is 5.32 Å². The van der Waals surface area contributed by atoms with Gasteiger partial charge in [-0.15, -0.1) is 0 Å². The molecule has 2 bridgehead atoms. The van der Waals surface area contributed by atoms with Gasteiger partial charge in [0, 0.05) is 24.2 Å². The van der Waals surface area contributed by atoms with Gasteiger partial charge in [-0.2, -0.15) is 0 Å². The lowest BCUT2D eigenvalue weighted by atomic mass is 9.74. The fourth-order valence-electron chi connectivity index (χ4n) is 3.89. The van der Waals surface area contributed by atoms with Gasteiger partial charge in [-0.05, 0) is 30.7 Å². The van der Waals surface area contributed by atoms with E-state index in [0.717, 1.165) is 11.3 Å². The fourth-order valence-corrected chi connectivity index (χ4v) is 4.16. The number of hydrogen-bond acceptors (Lipinski definition) is 4. The highest BCUT2D eigenvalue weighted by Crippen LogP contribution is 2.50. The molecular weight excluding hydrogens is 380 g/mol. The summed E-state index contributed by atoms with van der Waals surface area (Å²) < 4.78 is 20.1. The van der Waals surface area contributed by atoms with E-state index in [1.165, 1.54) is 12.3 Å². The molecule has 0 radical (unpaired) electrons. The van der Waals surface area contributed by atoms with Crippen LogP contribution >= 0.6 is 23.2 Å². The van der Waals surface area contributed by atoms with Crippen molar-refractivity contribution >= 4 is 34.8 Å². The molecule has 5 nitrogen and oxygen atoms in total. The third-order valence-electron chi connectivity index (χ3n) is 4.96. The third-order valence-corrected chi connectivity index (χ3v) is 5.65. The van der Waals surface area contributed by atoms with E-state index in [0.29, 0.717) is 5.69 Å². The standard InChI is InChI=1S/C18H16Cl2FN3O2/c1-8-4-9(2-3-22-8)14-15(13-6-12(21)16(14)26-13)18(25)24-10-5-11(19)17(20)23-7-10/h2-5,7,12-16H,6H2,1H3,(H,24,25)/t12-,13-,14-,15+,16+/m1/s1. The molecule has 2 aliphatic rings. The summed E-state index contributed by atoms with van der Waals surface area (Å²) >= 11 is 11.8. The van der Waals surface area contributed by atoms with Crippen molar-refractivity contribution < 1.29 is 13.9 Å². The minimum absolute atomic E-state index is 0.165. The van der Waals surface area contributed by atoms with Gasteiger partial charge in [0.15, 0.2) is 0 Å². The van der Waals surface area contributed by atoms with Crippen LogP contribution in [0.1, 0.15) is 23.6 Å². The summed E-state index contributed by atoms with van der Waals surface area (Å²) in [6, 6.07) is 5.23. The molecule has 2 saturated heterocycles. The second kappa shape index (κ2) is 6.76. The van der Waals surface area contributed by atoms with Gasteiger partial charge in [0.25, 0.3) is 0 Å². The van der Waals surface area contributed by atoms with Crippen LogP contribution in [0.25, 0.3) is 0 Å². The number of pyridine rings is 2. The number of aromatic nitrogens is 2. The summed E-state index contributed by atoms with van der Waals surface area (Å²) in [6.45, 7) is 1.86. The first kappa shape index (κ1) is 17.6. The molecule has 0 spiro atoms. The lowest BCUT2D eigenvalue weighted by Crippen LogP contribution is -2.39. The molecule has 4 rings (SSSR count). The van der Waals surface area contributed by atoms with Crippen LogP contribution in [0.2, 0.25) is 10.2 Å². The summed E-state index contributed by atoms with van der Waals surface area (Å²) in [5, 5.41) is 3.22. The highest BCUT2D eigenvalue weighted by atomic mass is 35.5. The van der Waals surface area contributed by atoms with E-state index < -0.39 is 24.3 Å². The summed E-state index contributed by atoms with van der Waals surface area (Å²) in [5.41, 5.74) is 2.11. The Kier molecular flexibility index (Phi) is 4.59. The van der Waals surface area contributed by atoms with Gasteiger partial charge in [-0.1, -0.05) is 23.2 Å². The highest BCUT2D eigenvalue weighted by Gasteiger charge is 2.57. The normalized spacial score (nSPS) is 29.8. The first-order chi connectivity index (χ1) is 12.4. The highest BCUT2D eigenvalue weighted by molar-refractivity contribution is 6.41. The zero-order valence-electron chi connectivity index (χ0n) is 13.8. The number of alkyl halides is 1. The van der Waals surface area contributed by atoms with Gasteiger partial charge in [0.05, 0.1) is 35.0 Å². The Labute approximate surface area is 159 Å². The predicted octanol–water partition coefficient (Wildman–Crippen LogP) is 3.94. The maximum atomic E-state index is 14.3. The lowest BCUT2D eigenvalue weighted by Gasteiger charge is -2.29. The molecule has 2 aliphatic heterocycles. The number of amides is 1. The number of carbonyl (C=O) groups is 1. The number of aryl methyl sites for hydroxylation is 1. The van der Waals surface area contributed by atoms with Crippen LogP contribution in [0.5, 0.6) is 0 Å². The fraction of sp³-hybridized carbons (Fsp3) is 0.389. The number of nitrogens with zero attached hydrogens (tertiary/aromatic N) is 2. The van der Waals surface area contributed by atoms with E-state index in [9.17, 15) is 9.18 Å². The zero-order valence-corrected chi connectivity index (χ0v) is 15.3. The molecule has 2 aromatic rings. The third kappa shape index (κ3) is 3.06. The molecule has 5 atom stereocenters. The Hall–Kier alpha value is -1.76. The summed E-state index contributed by atoms with van der Waals surface area (Å²) in [7, 11) is 0. The first-order valence-corrected chi connectivity index (χ1v) is 9.03. The molecule has 1 N–H and O–H groups in total. The van der Waals surface area contributed by atoms with Crippen molar-refractivity contribution in [2.45, 2.75) is 37.6 Å². The summed E-state index contributed by atoms with van der Waals surface area (Å²) in [4.78, 5) is 21.0. The van der Waals surface area contributed by atoms with E-state index >= 15 is 0 Å². The van der Waals surface area contributed by atoms with Gasteiger partial charge < -0.3 is 10.1 Å². The molecule has 2 aromatic heterocycles. The molecule has 1 amide bonds. The van der Waals surface area contributed by atoms with Crippen LogP contribution in [0, 0.1) is 12.8 Å². The lowest BCUT2D eigenvalue weighted by molar-refractivity contribution is -0.121. The first-order valence-electron chi connectivity index (χ1n) is 8.28. The van der Waals surface area contributed by atoms with E-state index in [-0.39, 0.29) is 28.4 Å². The monoisotopic (exact) mass is 395 g/mol. The zero-order chi connectivity index (χ0) is 18.4. The van der Waals surface area contributed by atoms with Crippen molar-refractivity contribution in [2.75, 3.05) is 5.32 Å². The van der Waals surface area contributed by atoms with E-state index in [1.807, 2.05) is 19.1 Å². The second-order valence-electron chi connectivity index (χ2n) is 6.66. The number of ether oxygens (including phenoxy) is 1. The molecule has 0 aliphatic carbocycles. The van der Waals surface area contributed by atoms with Gasteiger partial charge in [-0.25, -0.2) is 9.37 Å². The van der Waals surface area contributed by atoms with Crippen molar-refractivity contribution in [1.29, 1.82) is 0 Å². The molecule has 8 heteroatoms. The van der Waals surface area contributed by atoms with Gasteiger partial charge in [0.2, 0.25) is 5.91 Å². The number of carbonyl (C=O) groups excluding carboxylic acids is 1. The van der Waals surface area contributed by atoms with Crippen LogP contribution in [0.15, 0.2) is 30.6 Å². The van der Waals surface area contributed by atoms with Crippen molar-refractivity contribution in [1.82, 2.24) is 9.97 Å². The Morgan fingerprint density at radius 3 is 2.88 bits per heavy atom. The van der Waals surface area contributed by atoms with Crippen LogP contribution in [-0.2, 0) is 9.53 Å². The van der Waals surface area contributed by atoms with Crippen molar-refractivity contribution in [3.8, 4) is 0 Å². The largest absolute Gasteiger partial charge is 0.370 e. The average Bonchev–Trinajstić information content (AvgIpc) is 3.15. The number of rotatable bonds is 3. The number of anilines is 1. The van der Waals surface area contributed by atoms with Crippen molar-refractivity contribution in [3.63, 3.8) is 0 Å². The van der Waals surface area contributed by atoms with E-state index in [1.54, 1.807) is 6.20 Å². The molecule has 26 heavy (non-hydrogen) atoms. The molecular formula is C18H16Cl2FN3O2. The quantitative estimate of drug-likeness (QED) is 0.799. The van der Waals surface area contributed by atoms with Crippen LogP contribution in [0.4, 0.5) is 10.1 Å². The minimum Gasteiger partial charge on any atom is -0.370 e. The van der Waals surface area contributed by atoms with Crippen molar-refractivity contribution in [2.24, 2.45) is 5.92 Å². The smallest absolute Gasteiger partial charge is 0.230 e. The average molecular weight is 396 g/mol. The molecule has 0 aromatic carbocycles. The molecule has 0 saturated carbocycles. The van der Waals surface area contributed by atoms with E-state index in [4.69, 9.17) is 27.9 Å². The van der Waals surface area contributed by atoms with Crippen LogP contribution in [0.3, 0.4) is 0 Å². The Balaban J connectivity index is 1.62. The maximum Gasteiger partial charge on any atom is 0.230 e. The van der Waals surface area contributed by atoms with Gasteiger partial charge in [-0.3, -0.25) is 9.78 Å². The number of fused-ring (bicyclic) bond motifs is 2. The summed E-state index contributed by atoms with van der Waals surface area (Å²) in [6.07, 6.45) is 1.18. The SMILES string of the molecule is Cc1cc([C@H]2[C@H]3O[C@H](C[C@H]3F)[C@@H]2C(=O)Nc2cnc(Cl)c(Cl)c2)ccn1. The molecule has 0 unspecified atom stereocenters. The Bertz CT molecular complexity index is 866. The van der Waals surface area contributed by atoms with Gasteiger partial charge >= 0.3 is 0 Å². The maximum absolute atomic E-state index is 14.3.